The molecule has 0 unspecified atom stereocenters. The van der Waals surface area contributed by atoms with Crippen molar-refractivity contribution in [3.63, 3.8) is 0 Å². The van der Waals surface area contributed by atoms with Gasteiger partial charge < -0.3 is 10.1 Å². The number of carbonyl (C=O) groups excluding carboxylic acids is 1. The van der Waals surface area contributed by atoms with Crippen LogP contribution in [0.4, 0.5) is 5.82 Å². The third kappa shape index (κ3) is 4.17. The van der Waals surface area contributed by atoms with Crippen molar-refractivity contribution < 1.29 is 9.53 Å². The Kier molecular flexibility index (Phi) is 4.98. The van der Waals surface area contributed by atoms with E-state index >= 15 is 0 Å². The number of ether oxygens (including phenoxy) is 1. The lowest BCUT2D eigenvalue weighted by Gasteiger charge is -2.08. The molecule has 8 nitrogen and oxygen atoms in total. The highest BCUT2D eigenvalue weighted by atomic mass is 16.5. The molecule has 3 aromatic rings. The average Bonchev–Trinajstić information content (AvgIpc) is 3.08. The van der Waals surface area contributed by atoms with Crippen molar-refractivity contribution in [3.05, 3.63) is 59.5 Å². The number of carbonyl (C=O) groups is 1. The maximum Gasteiger partial charge on any atom is 0.256 e. The standard InChI is InChI=1S/C17H18N6O2/c1-3-23-16(20-21-22-23)11-25-14-6-4-5-13(10-14)17(24)19-15-9-12(2)7-8-18-15/h4-10H,3,11H2,1-2H3,(H,18,19,24). The van der Waals surface area contributed by atoms with E-state index in [9.17, 15) is 4.79 Å². The maximum absolute atomic E-state index is 12.4. The number of nitrogens with zero attached hydrogens (tertiary/aromatic N) is 5. The van der Waals surface area contributed by atoms with Crippen LogP contribution in [0.2, 0.25) is 0 Å². The van der Waals surface area contributed by atoms with E-state index in [-0.39, 0.29) is 12.5 Å². The molecule has 0 aliphatic carbocycles. The van der Waals surface area contributed by atoms with E-state index in [2.05, 4.69) is 25.8 Å². The molecule has 1 N–H and O–H groups in total. The largest absolute Gasteiger partial charge is 0.486 e. The topological polar surface area (TPSA) is 94.8 Å². The summed E-state index contributed by atoms with van der Waals surface area (Å²) in [6.07, 6.45) is 1.66. The highest BCUT2D eigenvalue weighted by Gasteiger charge is 2.10. The number of hydrogen-bond acceptors (Lipinski definition) is 6. The molecule has 0 bridgehead atoms. The van der Waals surface area contributed by atoms with Crippen molar-refractivity contribution in [2.24, 2.45) is 0 Å². The lowest BCUT2D eigenvalue weighted by Crippen LogP contribution is -2.13. The van der Waals surface area contributed by atoms with E-state index in [1.807, 2.05) is 26.0 Å². The van der Waals surface area contributed by atoms with Crippen LogP contribution in [0.1, 0.15) is 28.7 Å². The van der Waals surface area contributed by atoms with Crippen molar-refractivity contribution in [1.82, 2.24) is 25.2 Å². The lowest BCUT2D eigenvalue weighted by molar-refractivity contribution is 0.102. The molecule has 8 heteroatoms. The predicted molar refractivity (Wildman–Crippen MR) is 91.2 cm³/mol. The molecule has 25 heavy (non-hydrogen) atoms. The molecule has 0 atom stereocenters. The molecule has 2 aromatic heterocycles. The zero-order chi connectivity index (χ0) is 17.6. The summed E-state index contributed by atoms with van der Waals surface area (Å²) in [6.45, 7) is 4.78. The number of hydrogen-bond donors (Lipinski definition) is 1. The van der Waals surface area contributed by atoms with E-state index < -0.39 is 0 Å². The van der Waals surface area contributed by atoms with Gasteiger partial charge in [-0.15, -0.1) is 5.10 Å². The summed E-state index contributed by atoms with van der Waals surface area (Å²) in [5.74, 6) is 1.46. The average molecular weight is 338 g/mol. The number of benzene rings is 1. The van der Waals surface area contributed by atoms with Crippen LogP contribution in [0.15, 0.2) is 42.6 Å². The van der Waals surface area contributed by atoms with Crippen LogP contribution in [0, 0.1) is 6.92 Å². The van der Waals surface area contributed by atoms with Gasteiger partial charge in [-0.1, -0.05) is 6.07 Å². The summed E-state index contributed by atoms with van der Waals surface area (Å²) in [5, 5.41) is 14.2. The summed E-state index contributed by atoms with van der Waals surface area (Å²) in [4.78, 5) is 16.5. The molecule has 128 valence electrons. The Hall–Kier alpha value is -3.29. The van der Waals surface area contributed by atoms with Crippen LogP contribution >= 0.6 is 0 Å². The van der Waals surface area contributed by atoms with Crippen molar-refractivity contribution in [1.29, 1.82) is 0 Å². The Balaban J connectivity index is 1.67. The molecule has 0 aliphatic heterocycles. The van der Waals surface area contributed by atoms with Crippen LogP contribution in [0.25, 0.3) is 0 Å². The van der Waals surface area contributed by atoms with Gasteiger partial charge in [0.05, 0.1) is 0 Å². The van der Waals surface area contributed by atoms with Crippen molar-refractivity contribution >= 4 is 11.7 Å². The minimum absolute atomic E-state index is 0.228. The molecule has 1 aromatic carbocycles. The van der Waals surface area contributed by atoms with Gasteiger partial charge in [0.1, 0.15) is 18.2 Å². The maximum atomic E-state index is 12.4. The lowest BCUT2D eigenvalue weighted by atomic mass is 10.2. The van der Waals surface area contributed by atoms with E-state index in [1.165, 1.54) is 0 Å². The SMILES string of the molecule is CCn1nnnc1COc1cccc(C(=O)Nc2cc(C)ccn2)c1. The van der Waals surface area contributed by atoms with E-state index in [4.69, 9.17) is 4.74 Å². The van der Waals surface area contributed by atoms with Crippen LogP contribution in [0.5, 0.6) is 5.75 Å². The fourth-order valence-corrected chi connectivity index (χ4v) is 2.24. The first kappa shape index (κ1) is 16.6. The normalized spacial score (nSPS) is 10.5. The molecule has 0 aliphatic rings. The van der Waals surface area contributed by atoms with Gasteiger partial charge in [-0.25, -0.2) is 9.67 Å². The highest BCUT2D eigenvalue weighted by molar-refractivity contribution is 6.04. The molecule has 3 rings (SSSR count). The summed E-state index contributed by atoms with van der Waals surface area (Å²) >= 11 is 0. The number of rotatable bonds is 6. The third-order valence-electron chi connectivity index (χ3n) is 3.53. The summed E-state index contributed by atoms with van der Waals surface area (Å²) in [5.41, 5.74) is 1.51. The number of tetrazole rings is 1. The molecule has 0 spiro atoms. The summed E-state index contributed by atoms with van der Waals surface area (Å²) in [6, 6.07) is 10.6. The number of nitrogens with one attached hydrogen (secondary N) is 1. The number of amides is 1. The molecular formula is C17H18N6O2. The van der Waals surface area contributed by atoms with Crippen LogP contribution < -0.4 is 10.1 Å². The third-order valence-corrected chi connectivity index (χ3v) is 3.53. The number of anilines is 1. The second-order valence-corrected chi connectivity index (χ2v) is 5.40. The van der Waals surface area contributed by atoms with Gasteiger partial charge in [-0.05, 0) is 60.2 Å². The highest BCUT2D eigenvalue weighted by Crippen LogP contribution is 2.16. The fourth-order valence-electron chi connectivity index (χ4n) is 2.24. The summed E-state index contributed by atoms with van der Waals surface area (Å²) < 4.78 is 7.35. The van der Waals surface area contributed by atoms with E-state index in [1.54, 1.807) is 35.1 Å². The zero-order valence-corrected chi connectivity index (χ0v) is 14.0. The Morgan fingerprint density at radius 1 is 1.28 bits per heavy atom. The van der Waals surface area contributed by atoms with E-state index in [0.717, 1.165) is 5.56 Å². The van der Waals surface area contributed by atoms with Crippen molar-refractivity contribution in [2.75, 3.05) is 5.32 Å². The number of aromatic nitrogens is 5. The van der Waals surface area contributed by atoms with Gasteiger partial charge in [0.2, 0.25) is 0 Å². The smallest absolute Gasteiger partial charge is 0.256 e. The first-order valence-electron chi connectivity index (χ1n) is 7.87. The van der Waals surface area contributed by atoms with Gasteiger partial charge in [-0.2, -0.15) is 0 Å². The second kappa shape index (κ2) is 7.52. The van der Waals surface area contributed by atoms with E-state index in [0.29, 0.717) is 29.5 Å². The number of pyridine rings is 1. The quantitative estimate of drug-likeness (QED) is 0.740. The van der Waals surface area contributed by atoms with Gasteiger partial charge in [0, 0.05) is 18.3 Å². The predicted octanol–water partition coefficient (Wildman–Crippen LogP) is 2.23. The van der Waals surface area contributed by atoms with Gasteiger partial charge >= 0.3 is 0 Å². The van der Waals surface area contributed by atoms with Crippen LogP contribution in [-0.2, 0) is 13.2 Å². The molecule has 0 saturated heterocycles. The molecular weight excluding hydrogens is 320 g/mol. The van der Waals surface area contributed by atoms with Crippen molar-refractivity contribution in [2.45, 2.75) is 27.0 Å². The Morgan fingerprint density at radius 3 is 2.96 bits per heavy atom. The van der Waals surface area contributed by atoms with Gasteiger partial charge in [-0.3, -0.25) is 4.79 Å². The molecule has 1 amide bonds. The minimum Gasteiger partial charge on any atom is -0.486 e. The Morgan fingerprint density at radius 2 is 2.16 bits per heavy atom. The van der Waals surface area contributed by atoms with Gasteiger partial charge in [0.15, 0.2) is 5.82 Å². The minimum atomic E-state index is -0.248. The zero-order valence-electron chi connectivity index (χ0n) is 14.0. The second-order valence-electron chi connectivity index (χ2n) is 5.40. The molecule has 2 heterocycles. The molecule has 0 fully saturated rings. The first-order valence-corrected chi connectivity index (χ1v) is 7.87. The van der Waals surface area contributed by atoms with Gasteiger partial charge in [0.25, 0.3) is 5.91 Å². The van der Waals surface area contributed by atoms with Crippen LogP contribution in [-0.4, -0.2) is 31.1 Å². The Labute approximate surface area is 144 Å². The molecule has 0 radical (unpaired) electrons. The van der Waals surface area contributed by atoms with Crippen molar-refractivity contribution in [3.8, 4) is 5.75 Å². The monoisotopic (exact) mass is 338 g/mol. The number of aryl methyl sites for hydroxylation is 2. The summed E-state index contributed by atoms with van der Waals surface area (Å²) in [7, 11) is 0. The fraction of sp³-hybridized carbons (Fsp3) is 0.235. The molecule has 0 saturated carbocycles. The van der Waals surface area contributed by atoms with Crippen LogP contribution in [0.3, 0.4) is 0 Å². The first-order chi connectivity index (χ1) is 12.2. The Bertz CT molecular complexity index is 877.